The Hall–Kier alpha value is -1.80. The Kier molecular flexibility index (Phi) is 6.44. The molecule has 0 saturated heterocycles. The van der Waals surface area contributed by atoms with E-state index in [4.69, 9.17) is 9.47 Å². The Morgan fingerprint density at radius 3 is 2.19 bits per heavy atom. The second-order valence-corrected chi connectivity index (χ2v) is 6.19. The molecule has 0 aliphatic rings. The van der Waals surface area contributed by atoms with Gasteiger partial charge in [0.05, 0.1) is 20.0 Å². The third-order valence-corrected chi connectivity index (χ3v) is 4.17. The van der Waals surface area contributed by atoms with Crippen LogP contribution in [0.2, 0.25) is 0 Å². The van der Waals surface area contributed by atoms with Gasteiger partial charge in [-0.05, 0) is 19.1 Å². The van der Waals surface area contributed by atoms with Crippen LogP contribution in [0.1, 0.15) is 17.3 Å². The summed E-state index contributed by atoms with van der Waals surface area (Å²) in [5.41, 5.74) is 0.279. The van der Waals surface area contributed by atoms with Gasteiger partial charge in [-0.25, -0.2) is 13.1 Å². The lowest BCUT2D eigenvalue weighted by atomic mass is 10.1. The number of rotatable bonds is 8. The van der Waals surface area contributed by atoms with Crippen LogP contribution in [0.5, 0.6) is 11.5 Å². The predicted octanol–water partition coefficient (Wildman–Crippen LogP) is 0.373. The second-order valence-electron chi connectivity index (χ2n) is 4.09. The van der Waals surface area contributed by atoms with Crippen LogP contribution < -0.4 is 19.5 Å². The van der Waals surface area contributed by atoms with Gasteiger partial charge in [-0.1, -0.05) is 6.07 Å². The zero-order valence-electron chi connectivity index (χ0n) is 12.3. The molecule has 1 amide bonds. The standard InChI is InChI=1S/C13H20N2O5S/c1-4-21(17,18)15-9-8-14-13(16)12-10(19-2)6-5-7-11(12)20-3/h5-7,15H,4,8-9H2,1-3H3,(H,14,16). The van der Waals surface area contributed by atoms with E-state index in [1.54, 1.807) is 25.1 Å². The van der Waals surface area contributed by atoms with Crippen LogP contribution in [-0.2, 0) is 10.0 Å². The molecule has 0 atom stereocenters. The van der Waals surface area contributed by atoms with Crippen molar-refractivity contribution >= 4 is 15.9 Å². The fourth-order valence-corrected chi connectivity index (χ4v) is 2.27. The van der Waals surface area contributed by atoms with E-state index in [1.807, 2.05) is 0 Å². The highest BCUT2D eigenvalue weighted by atomic mass is 32.2. The molecule has 21 heavy (non-hydrogen) atoms. The molecule has 1 rings (SSSR count). The van der Waals surface area contributed by atoms with Gasteiger partial charge in [0.15, 0.2) is 0 Å². The first kappa shape index (κ1) is 17.3. The number of sulfonamides is 1. The van der Waals surface area contributed by atoms with Crippen molar-refractivity contribution in [3.05, 3.63) is 23.8 Å². The van der Waals surface area contributed by atoms with Crippen LogP contribution in [0, 0.1) is 0 Å². The largest absolute Gasteiger partial charge is 0.496 e. The Bertz CT molecular complexity index is 564. The van der Waals surface area contributed by atoms with Crippen LogP contribution in [0.15, 0.2) is 18.2 Å². The van der Waals surface area contributed by atoms with Crippen LogP contribution >= 0.6 is 0 Å². The average Bonchev–Trinajstić information content (AvgIpc) is 2.50. The van der Waals surface area contributed by atoms with Gasteiger partial charge in [-0.2, -0.15) is 0 Å². The fraction of sp³-hybridized carbons (Fsp3) is 0.462. The van der Waals surface area contributed by atoms with Crippen molar-refractivity contribution in [2.24, 2.45) is 0 Å². The van der Waals surface area contributed by atoms with E-state index < -0.39 is 10.0 Å². The molecule has 0 fully saturated rings. The summed E-state index contributed by atoms with van der Waals surface area (Å²) in [6.07, 6.45) is 0. The van der Waals surface area contributed by atoms with Crippen molar-refractivity contribution < 1.29 is 22.7 Å². The molecule has 1 aromatic carbocycles. The summed E-state index contributed by atoms with van der Waals surface area (Å²) in [5, 5.41) is 2.62. The number of benzene rings is 1. The normalized spacial score (nSPS) is 11.0. The van der Waals surface area contributed by atoms with E-state index in [2.05, 4.69) is 10.0 Å². The van der Waals surface area contributed by atoms with Gasteiger partial charge in [0.25, 0.3) is 5.91 Å². The lowest BCUT2D eigenvalue weighted by Crippen LogP contribution is -2.35. The maximum Gasteiger partial charge on any atom is 0.258 e. The van der Waals surface area contributed by atoms with E-state index in [0.29, 0.717) is 11.5 Å². The average molecular weight is 316 g/mol. The van der Waals surface area contributed by atoms with Crippen LogP contribution in [0.4, 0.5) is 0 Å². The predicted molar refractivity (Wildman–Crippen MR) is 79.3 cm³/mol. The number of hydrogen-bond acceptors (Lipinski definition) is 5. The third kappa shape index (κ3) is 4.91. The molecule has 7 nitrogen and oxygen atoms in total. The molecule has 0 aliphatic heterocycles. The van der Waals surface area contributed by atoms with Crippen molar-refractivity contribution in [1.82, 2.24) is 10.0 Å². The topological polar surface area (TPSA) is 93.7 Å². The van der Waals surface area contributed by atoms with Gasteiger partial charge in [0.1, 0.15) is 17.1 Å². The third-order valence-electron chi connectivity index (χ3n) is 2.77. The van der Waals surface area contributed by atoms with E-state index >= 15 is 0 Å². The molecule has 0 saturated carbocycles. The highest BCUT2D eigenvalue weighted by molar-refractivity contribution is 7.89. The van der Waals surface area contributed by atoms with Gasteiger partial charge in [0, 0.05) is 13.1 Å². The molecule has 0 aliphatic carbocycles. The summed E-state index contributed by atoms with van der Waals surface area (Å²) in [6, 6.07) is 5.01. The SMILES string of the molecule is CCS(=O)(=O)NCCNC(=O)c1c(OC)cccc1OC. The number of ether oxygens (including phenoxy) is 2. The zero-order chi connectivity index (χ0) is 15.9. The summed E-state index contributed by atoms with van der Waals surface area (Å²) >= 11 is 0. The quantitative estimate of drug-likeness (QED) is 0.676. The van der Waals surface area contributed by atoms with Crippen molar-refractivity contribution in [2.45, 2.75) is 6.92 Å². The summed E-state index contributed by atoms with van der Waals surface area (Å²) in [7, 11) is -0.340. The van der Waals surface area contributed by atoms with E-state index in [9.17, 15) is 13.2 Å². The molecule has 0 bridgehead atoms. The van der Waals surface area contributed by atoms with Gasteiger partial charge in [-0.3, -0.25) is 4.79 Å². The minimum atomic E-state index is -3.26. The first-order valence-corrected chi connectivity index (χ1v) is 8.07. The van der Waals surface area contributed by atoms with Crippen LogP contribution in [-0.4, -0.2) is 47.4 Å². The minimum absolute atomic E-state index is 0.00127. The smallest absolute Gasteiger partial charge is 0.258 e. The summed E-state index contributed by atoms with van der Waals surface area (Å²) in [6.45, 7) is 1.83. The zero-order valence-corrected chi connectivity index (χ0v) is 13.1. The van der Waals surface area contributed by atoms with E-state index in [-0.39, 0.29) is 30.3 Å². The fourth-order valence-electron chi connectivity index (χ4n) is 1.65. The number of amides is 1. The number of nitrogens with one attached hydrogen (secondary N) is 2. The monoisotopic (exact) mass is 316 g/mol. The molecule has 1 aromatic rings. The molecule has 0 radical (unpaired) electrons. The van der Waals surface area contributed by atoms with Crippen molar-refractivity contribution in [3.63, 3.8) is 0 Å². The lowest BCUT2D eigenvalue weighted by molar-refractivity contribution is 0.0948. The molecule has 0 heterocycles. The Balaban J connectivity index is 2.68. The lowest BCUT2D eigenvalue weighted by Gasteiger charge is -2.13. The first-order chi connectivity index (χ1) is 9.95. The highest BCUT2D eigenvalue weighted by Crippen LogP contribution is 2.27. The highest BCUT2D eigenvalue weighted by Gasteiger charge is 2.17. The number of methoxy groups -OCH3 is 2. The Labute approximate surface area is 124 Å². The molecule has 0 unspecified atom stereocenters. The molecule has 0 spiro atoms. The maximum absolute atomic E-state index is 12.1. The van der Waals surface area contributed by atoms with Crippen molar-refractivity contribution in [2.75, 3.05) is 33.1 Å². The molecule has 118 valence electrons. The second kappa shape index (κ2) is 7.84. The van der Waals surface area contributed by atoms with E-state index in [1.165, 1.54) is 14.2 Å². The van der Waals surface area contributed by atoms with E-state index in [0.717, 1.165) is 0 Å². The number of carbonyl (C=O) groups excluding carboxylic acids is 1. The van der Waals surface area contributed by atoms with Gasteiger partial charge >= 0.3 is 0 Å². The van der Waals surface area contributed by atoms with Crippen molar-refractivity contribution in [3.8, 4) is 11.5 Å². The first-order valence-electron chi connectivity index (χ1n) is 6.41. The van der Waals surface area contributed by atoms with Gasteiger partial charge in [0.2, 0.25) is 10.0 Å². The summed E-state index contributed by atoms with van der Waals surface area (Å²) in [5.74, 6) is 0.392. The Morgan fingerprint density at radius 1 is 1.14 bits per heavy atom. The number of hydrogen-bond donors (Lipinski definition) is 2. The van der Waals surface area contributed by atoms with Crippen LogP contribution in [0.25, 0.3) is 0 Å². The van der Waals surface area contributed by atoms with Crippen LogP contribution in [0.3, 0.4) is 0 Å². The summed E-state index contributed by atoms with van der Waals surface area (Å²) in [4.78, 5) is 12.1. The molecular weight excluding hydrogens is 296 g/mol. The number of carbonyl (C=O) groups is 1. The molecule has 8 heteroatoms. The molecule has 0 aromatic heterocycles. The molecular formula is C13H20N2O5S. The summed E-state index contributed by atoms with van der Waals surface area (Å²) < 4.78 is 35.1. The van der Waals surface area contributed by atoms with Gasteiger partial charge in [-0.15, -0.1) is 0 Å². The molecule has 2 N–H and O–H groups in total. The van der Waals surface area contributed by atoms with Crippen molar-refractivity contribution in [1.29, 1.82) is 0 Å². The van der Waals surface area contributed by atoms with Gasteiger partial charge < -0.3 is 14.8 Å². The maximum atomic E-state index is 12.1. The Morgan fingerprint density at radius 2 is 1.71 bits per heavy atom. The minimum Gasteiger partial charge on any atom is -0.496 e.